The first-order chi connectivity index (χ1) is 6.91. The number of hydrogen-bond donors (Lipinski definition) is 1. The molecule has 0 aromatic rings. The van der Waals surface area contributed by atoms with E-state index >= 15 is 0 Å². The summed E-state index contributed by atoms with van der Waals surface area (Å²) in [5.41, 5.74) is -2.44. The fraction of sp³-hybridized carbons (Fsp3) is 1.00. The van der Waals surface area contributed by atoms with Crippen molar-refractivity contribution in [2.75, 3.05) is 19.6 Å². The number of piperidine rings is 1. The van der Waals surface area contributed by atoms with E-state index in [-0.39, 0.29) is 12.8 Å². The zero-order valence-corrected chi connectivity index (χ0v) is 8.56. The van der Waals surface area contributed by atoms with Crippen LogP contribution in [0.4, 0.5) is 13.2 Å². The lowest BCUT2D eigenvalue weighted by Gasteiger charge is -2.39. The largest absolute Gasteiger partial charge is 0.417 e. The Morgan fingerprint density at radius 3 is 2.13 bits per heavy atom. The second kappa shape index (κ2) is 3.63. The zero-order valence-electron chi connectivity index (χ0n) is 8.56. The van der Waals surface area contributed by atoms with Crippen LogP contribution in [0.3, 0.4) is 0 Å². The van der Waals surface area contributed by atoms with Gasteiger partial charge in [-0.15, -0.1) is 0 Å². The number of aliphatic hydroxyl groups is 1. The number of likely N-dealkylation sites (tertiary alicyclic amines) is 1. The fourth-order valence-electron chi connectivity index (χ4n) is 2.05. The molecule has 0 spiro atoms. The Kier molecular flexibility index (Phi) is 2.71. The highest BCUT2D eigenvalue weighted by Gasteiger charge is 2.54. The summed E-state index contributed by atoms with van der Waals surface area (Å²) >= 11 is 0. The molecule has 0 bridgehead atoms. The van der Waals surface area contributed by atoms with Crippen LogP contribution >= 0.6 is 0 Å². The summed E-state index contributed by atoms with van der Waals surface area (Å²) in [6.07, 6.45) is -2.41. The van der Waals surface area contributed by atoms with Crippen LogP contribution in [-0.4, -0.2) is 41.4 Å². The van der Waals surface area contributed by atoms with Crippen molar-refractivity contribution < 1.29 is 18.3 Å². The van der Waals surface area contributed by atoms with Crippen LogP contribution in [0, 0.1) is 5.92 Å². The van der Waals surface area contributed by atoms with Crippen LogP contribution in [0.25, 0.3) is 0 Å². The Bertz CT molecular complexity index is 229. The van der Waals surface area contributed by atoms with Crippen molar-refractivity contribution in [3.05, 3.63) is 0 Å². The van der Waals surface area contributed by atoms with Crippen molar-refractivity contribution in [1.82, 2.24) is 4.90 Å². The molecule has 0 atom stereocenters. The summed E-state index contributed by atoms with van der Waals surface area (Å²) in [7, 11) is 0. The van der Waals surface area contributed by atoms with Gasteiger partial charge in [0.25, 0.3) is 0 Å². The third-order valence-electron chi connectivity index (χ3n) is 3.42. The van der Waals surface area contributed by atoms with E-state index in [1.165, 1.54) is 12.8 Å². The van der Waals surface area contributed by atoms with Crippen LogP contribution in [0.1, 0.15) is 25.7 Å². The lowest BCUT2D eigenvalue weighted by Crippen LogP contribution is -2.53. The summed E-state index contributed by atoms with van der Waals surface area (Å²) in [5, 5.41) is 9.42. The predicted octanol–water partition coefficient (Wildman–Crippen LogP) is 1.79. The molecular weight excluding hydrogens is 207 g/mol. The van der Waals surface area contributed by atoms with E-state index in [1.807, 2.05) is 4.90 Å². The van der Waals surface area contributed by atoms with E-state index in [0.29, 0.717) is 19.0 Å². The fourth-order valence-corrected chi connectivity index (χ4v) is 2.05. The standard InChI is InChI=1S/C10H16F3NO/c11-10(12,13)9(15)3-5-14(6-4-9)7-8-1-2-8/h8,15H,1-7H2. The molecule has 15 heavy (non-hydrogen) atoms. The first kappa shape index (κ1) is 11.2. The molecule has 1 N–H and O–H groups in total. The molecule has 88 valence electrons. The number of hydrogen-bond acceptors (Lipinski definition) is 2. The Balaban J connectivity index is 1.84. The number of rotatable bonds is 2. The van der Waals surface area contributed by atoms with Crippen molar-refractivity contribution in [3.63, 3.8) is 0 Å². The minimum absolute atomic E-state index is 0.177. The maximum atomic E-state index is 12.5. The molecule has 2 rings (SSSR count). The zero-order chi connectivity index (χ0) is 11.1. The number of nitrogens with zero attached hydrogens (tertiary/aromatic N) is 1. The third-order valence-corrected chi connectivity index (χ3v) is 3.42. The summed E-state index contributed by atoms with van der Waals surface area (Å²) in [5.74, 6) is 0.696. The molecule has 1 aliphatic carbocycles. The second-order valence-corrected chi connectivity index (χ2v) is 4.77. The quantitative estimate of drug-likeness (QED) is 0.771. The Hall–Kier alpha value is -0.290. The molecule has 1 saturated heterocycles. The van der Waals surface area contributed by atoms with Crippen molar-refractivity contribution >= 4 is 0 Å². The van der Waals surface area contributed by atoms with Crippen LogP contribution in [0.5, 0.6) is 0 Å². The molecule has 5 heteroatoms. The van der Waals surface area contributed by atoms with E-state index in [2.05, 4.69) is 0 Å². The molecule has 2 fully saturated rings. The molecular formula is C10H16F3NO. The molecule has 1 aliphatic heterocycles. The van der Waals surface area contributed by atoms with Crippen LogP contribution in [0.2, 0.25) is 0 Å². The Morgan fingerprint density at radius 2 is 1.73 bits per heavy atom. The third kappa shape index (κ3) is 2.45. The van der Waals surface area contributed by atoms with Crippen molar-refractivity contribution in [1.29, 1.82) is 0 Å². The lowest BCUT2D eigenvalue weighted by atomic mass is 9.91. The maximum absolute atomic E-state index is 12.5. The Morgan fingerprint density at radius 1 is 1.20 bits per heavy atom. The highest BCUT2D eigenvalue weighted by molar-refractivity contribution is 4.92. The lowest BCUT2D eigenvalue weighted by molar-refractivity contribution is -0.272. The average molecular weight is 223 g/mol. The highest BCUT2D eigenvalue weighted by Crippen LogP contribution is 2.39. The Labute approximate surface area is 87.1 Å². The molecule has 1 heterocycles. The van der Waals surface area contributed by atoms with Gasteiger partial charge in [0.1, 0.15) is 0 Å². The van der Waals surface area contributed by atoms with Crippen molar-refractivity contribution in [2.45, 2.75) is 37.5 Å². The summed E-state index contributed by atoms with van der Waals surface area (Å²) < 4.78 is 37.4. The van der Waals surface area contributed by atoms with Gasteiger partial charge in [-0.2, -0.15) is 13.2 Å². The average Bonchev–Trinajstić information content (AvgIpc) is 2.91. The minimum atomic E-state index is -4.47. The summed E-state index contributed by atoms with van der Waals surface area (Å²) in [4.78, 5) is 2.04. The van der Waals surface area contributed by atoms with Gasteiger partial charge in [0.2, 0.25) is 0 Å². The first-order valence-corrected chi connectivity index (χ1v) is 5.42. The molecule has 0 unspecified atom stereocenters. The molecule has 0 aromatic heterocycles. The summed E-state index contributed by atoms with van der Waals surface area (Å²) in [6.45, 7) is 1.65. The van der Waals surface area contributed by atoms with E-state index in [1.54, 1.807) is 0 Å². The number of halogens is 3. The van der Waals surface area contributed by atoms with E-state index in [9.17, 15) is 18.3 Å². The second-order valence-electron chi connectivity index (χ2n) is 4.77. The topological polar surface area (TPSA) is 23.5 Å². The van der Waals surface area contributed by atoms with E-state index in [4.69, 9.17) is 0 Å². The van der Waals surface area contributed by atoms with Gasteiger partial charge in [-0.1, -0.05) is 0 Å². The van der Waals surface area contributed by atoms with Gasteiger partial charge in [0, 0.05) is 19.6 Å². The van der Waals surface area contributed by atoms with Gasteiger partial charge in [-0.05, 0) is 31.6 Å². The summed E-state index contributed by atoms with van der Waals surface area (Å²) in [6, 6.07) is 0. The number of alkyl halides is 3. The van der Waals surface area contributed by atoms with Gasteiger partial charge >= 0.3 is 6.18 Å². The van der Waals surface area contributed by atoms with Gasteiger partial charge < -0.3 is 10.0 Å². The normalized spacial score (nSPS) is 28.0. The van der Waals surface area contributed by atoms with Crippen LogP contribution < -0.4 is 0 Å². The maximum Gasteiger partial charge on any atom is 0.417 e. The predicted molar refractivity (Wildman–Crippen MR) is 49.4 cm³/mol. The van der Waals surface area contributed by atoms with Gasteiger partial charge in [0.05, 0.1) is 0 Å². The van der Waals surface area contributed by atoms with E-state index < -0.39 is 11.8 Å². The molecule has 0 radical (unpaired) electrons. The van der Waals surface area contributed by atoms with Crippen molar-refractivity contribution in [2.24, 2.45) is 5.92 Å². The molecule has 1 saturated carbocycles. The van der Waals surface area contributed by atoms with Crippen LogP contribution in [0.15, 0.2) is 0 Å². The van der Waals surface area contributed by atoms with Crippen molar-refractivity contribution in [3.8, 4) is 0 Å². The van der Waals surface area contributed by atoms with Gasteiger partial charge in [0.15, 0.2) is 5.60 Å². The molecule has 0 aromatic carbocycles. The smallest absolute Gasteiger partial charge is 0.380 e. The monoisotopic (exact) mass is 223 g/mol. The first-order valence-electron chi connectivity index (χ1n) is 5.42. The molecule has 2 nitrogen and oxygen atoms in total. The molecule has 2 aliphatic rings. The van der Waals surface area contributed by atoms with E-state index in [0.717, 1.165) is 6.54 Å². The van der Waals surface area contributed by atoms with Gasteiger partial charge in [-0.25, -0.2) is 0 Å². The molecule has 0 amide bonds. The minimum Gasteiger partial charge on any atom is -0.380 e. The SMILES string of the molecule is OC1(C(F)(F)F)CCN(CC2CC2)CC1. The van der Waals surface area contributed by atoms with Gasteiger partial charge in [-0.3, -0.25) is 0 Å². The van der Waals surface area contributed by atoms with Crippen LogP contribution in [-0.2, 0) is 0 Å². The highest BCUT2D eigenvalue weighted by atomic mass is 19.4.